The minimum absolute atomic E-state index is 0.351. The predicted molar refractivity (Wildman–Crippen MR) is 83.6 cm³/mol. The van der Waals surface area contributed by atoms with Gasteiger partial charge in [-0.05, 0) is 48.6 Å². The van der Waals surface area contributed by atoms with Crippen LogP contribution in [-0.2, 0) is 0 Å². The first-order valence-corrected chi connectivity index (χ1v) is 7.43. The fourth-order valence-electron chi connectivity index (χ4n) is 1.33. The van der Waals surface area contributed by atoms with E-state index >= 15 is 0 Å². The standard InChI is InChI=1S/C16H21BrO2/c17-14-12-10-8-6-4-2-1-3-5-7-9-11-13-16(19)15-18/h3,5,12,14,16,18-19H,1-2,4,6,8,10,15H2/b5-3-,14-12+/t16-/m1/s1. The van der Waals surface area contributed by atoms with Crippen LogP contribution >= 0.6 is 15.9 Å². The summed E-state index contributed by atoms with van der Waals surface area (Å²) in [5.74, 6) is 10.3. The fraction of sp³-hybridized carbons (Fsp3) is 0.500. The third-order valence-electron chi connectivity index (χ3n) is 2.33. The van der Waals surface area contributed by atoms with Crippen molar-refractivity contribution in [2.24, 2.45) is 0 Å². The maximum Gasteiger partial charge on any atom is 0.138 e. The fourth-order valence-corrected chi connectivity index (χ4v) is 1.59. The lowest BCUT2D eigenvalue weighted by molar-refractivity contribution is 0.138. The molecule has 0 aromatic rings. The van der Waals surface area contributed by atoms with Crippen LogP contribution in [0, 0.1) is 23.7 Å². The summed E-state index contributed by atoms with van der Waals surface area (Å²) in [6, 6.07) is 0. The van der Waals surface area contributed by atoms with E-state index in [-0.39, 0.29) is 6.61 Å². The molecule has 0 bridgehead atoms. The number of aliphatic hydroxyl groups is 2. The number of rotatable bonds is 8. The van der Waals surface area contributed by atoms with Crippen LogP contribution in [-0.4, -0.2) is 22.9 Å². The molecule has 0 unspecified atom stereocenters. The van der Waals surface area contributed by atoms with Crippen molar-refractivity contribution in [1.29, 1.82) is 0 Å². The normalized spacial score (nSPS) is 11.9. The van der Waals surface area contributed by atoms with Crippen molar-refractivity contribution in [1.82, 2.24) is 0 Å². The van der Waals surface area contributed by atoms with Crippen molar-refractivity contribution in [3.05, 3.63) is 23.2 Å². The van der Waals surface area contributed by atoms with Gasteiger partial charge < -0.3 is 10.2 Å². The molecule has 2 N–H and O–H groups in total. The molecule has 0 aromatic heterocycles. The summed E-state index contributed by atoms with van der Waals surface area (Å²) in [7, 11) is 0. The second-order valence-corrected chi connectivity index (χ2v) is 4.52. The molecular formula is C16H21BrO2. The van der Waals surface area contributed by atoms with E-state index < -0.39 is 6.10 Å². The Bertz CT molecular complexity index is 377. The molecule has 0 spiro atoms. The molecule has 2 nitrogen and oxygen atoms in total. The molecule has 0 rings (SSSR count). The van der Waals surface area contributed by atoms with Crippen LogP contribution in [0.15, 0.2) is 23.2 Å². The highest BCUT2D eigenvalue weighted by molar-refractivity contribution is 9.11. The molecule has 0 fully saturated rings. The van der Waals surface area contributed by atoms with Gasteiger partial charge in [0.15, 0.2) is 0 Å². The summed E-state index contributed by atoms with van der Waals surface area (Å²) in [6.45, 7) is -0.351. The van der Waals surface area contributed by atoms with Crippen molar-refractivity contribution in [3.8, 4) is 23.7 Å². The molecule has 104 valence electrons. The summed E-state index contributed by atoms with van der Waals surface area (Å²) in [5.41, 5.74) is 0. The van der Waals surface area contributed by atoms with Crippen LogP contribution in [0.25, 0.3) is 0 Å². The molecule has 0 amide bonds. The van der Waals surface area contributed by atoms with Crippen molar-refractivity contribution in [2.75, 3.05) is 6.61 Å². The Balaban J connectivity index is 3.48. The van der Waals surface area contributed by atoms with Crippen molar-refractivity contribution in [2.45, 2.75) is 44.6 Å². The zero-order valence-corrected chi connectivity index (χ0v) is 12.7. The lowest BCUT2D eigenvalue weighted by Crippen LogP contribution is -2.07. The van der Waals surface area contributed by atoms with E-state index in [1.54, 1.807) is 6.08 Å². The predicted octanol–water partition coefficient (Wildman–Crippen LogP) is 3.15. The summed E-state index contributed by atoms with van der Waals surface area (Å²) in [6.07, 6.45) is 12.1. The molecule has 0 saturated carbocycles. The minimum atomic E-state index is -0.988. The second kappa shape index (κ2) is 15.1. The lowest BCUT2D eigenvalue weighted by atomic mass is 10.1. The Hall–Kier alpha value is -1.000. The van der Waals surface area contributed by atoms with E-state index in [4.69, 9.17) is 10.2 Å². The third kappa shape index (κ3) is 14.9. The Morgan fingerprint density at radius 2 is 1.68 bits per heavy atom. The van der Waals surface area contributed by atoms with Gasteiger partial charge in [0.2, 0.25) is 0 Å². The Morgan fingerprint density at radius 1 is 1.00 bits per heavy atom. The van der Waals surface area contributed by atoms with Gasteiger partial charge in [-0.3, -0.25) is 0 Å². The van der Waals surface area contributed by atoms with Crippen molar-refractivity contribution in [3.63, 3.8) is 0 Å². The van der Waals surface area contributed by atoms with Gasteiger partial charge in [0.05, 0.1) is 6.61 Å². The summed E-state index contributed by atoms with van der Waals surface area (Å²) >= 11 is 3.25. The van der Waals surface area contributed by atoms with Crippen LogP contribution < -0.4 is 0 Å². The Kier molecular flexibility index (Phi) is 14.3. The molecule has 0 aliphatic heterocycles. The molecule has 0 radical (unpaired) electrons. The van der Waals surface area contributed by atoms with Crippen LogP contribution in [0.4, 0.5) is 0 Å². The number of aliphatic hydroxyl groups excluding tert-OH is 2. The van der Waals surface area contributed by atoms with Crippen molar-refractivity contribution < 1.29 is 10.2 Å². The Labute approximate surface area is 124 Å². The van der Waals surface area contributed by atoms with E-state index in [9.17, 15) is 0 Å². The summed E-state index contributed by atoms with van der Waals surface area (Å²) < 4.78 is 0. The molecule has 0 aromatic carbocycles. The van der Waals surface area contributed by atoms with Crippen LogP contribution in [0.2, 0.25) is 0 Å². The van der Waals surface area contributed by atoms with Gasteiger partial charge >= 0.3 is 0 Å². The smallest absolute Gasteiger partial charge is 0.138 e. The zero-order valence-electron chi connectivity index (χ0n) is 11.1. The van der Waals surface area contributed by atoms with Crippen LogP contribution in [0.1, 0.15) is 38.5 Å². The number of hydrogen-bond acceptors (Lipinski definition) is 2. The average Bonchev–Trinajstić information content (AvgIpc) is 2.43. The molecule has 3 heteroatoms. The number of halogens is 1. The van der Waals surface area contributed by atoms with Gasteiger partial charge in [-0.15, -0.1) is 0 Å². The highest BCUT2D eigenvalue weighted by Crippen LogP contribution is 2.06. The lowest BCUT2D eigenvalue weighted by Gasteiger charge is -1.95. The van der Waals surface area contributed by atoms with Gasteiger partial charge in [0.1, 0.15) is 6.10 Å². The maximum atomic E-state index is 8.92. The molecule has 1 atom stereocenters. The minimum Gasteiger partial charge on any atom is -0.393 e. The zero-order chi connectivity index (χ0) is 14.2. The molecule has 0 aliphatic rings. The van der Waals surface area contributed by atoms with Gasteiger partial charge in [-0.25, -0.2) is 0 Å². The van der Waals surface area contributed by atoms with Crippen molar-refractivity contribution >= 4 is 15.9 Å². The molecule has 19 heavy (non-hydrogen) atoms. The van der Waals surface area contributed by atoms with Gasteiger partial charge in [-0.1, -0.05) is 52.8 Å². The molecule has 0 saturated heterocycles. The van der Waals surface area contributed by atoms with E-state index in [0.717, 1.165) is 12.8 Å². The SMILES string of the molecule is OC[C@H](O)C#CC#C/C=C\CCCCCC/C=C/Br. The summed E-state index contributed by atoms with van der Waals surface area (Å²) in [4.78, 5) is 1.91. The second-order valence-electron chi connectivity index (χ2n) is 3.99. The van der Waals surface area contributed by atoms with E-state index in [0.29, 0.717) is 0 Å². The number of unbranched alkanes of at least 4 members (excludes halogenated alkanes) is 5. The molecule has 0 heterocycles. The van der Waals surface area contributed by atoms with Crippen LogP contribution in [0.3, 0.4) is 0 Å². The van der Waals surface area contributed by atoms with Gasteiger partial charge in [0.25, 0.3) is 0 Å². The number of allylic oxidation sites excluding steroid dienone is 3. The van der Waals surface area contributed by atoms with E-state index in [1.165, 1.54) is 25.7 Å². The topological polar surface area (TPSA) is 40.5 Å². The molecular weight excluding hydrogens is 304 g/mol. The first kappa shape index (κ1) is 18.0. The quantitative estimate of drug-likeness (QED) is 0.532. The average molecular weight is 325 g/mol. The first-order chi connectivity index (χ1) is 9.31. The third-order valence-corrected chi connectivity index (χ3v) is 2.70. The maximum absolute atomic E-state index is 8.92. The largest absolute Gasteiger partial charge is 0.393 e. The van der Waals surface area contributed by atoms with Gasteiger partial charge in [0, 0.05) is 0 Å². The first-order valence-electron chi connectivity index (χ1n) is 6.51. The monoisotopic (exact) mass is 324 g/mol. The van der Waals surface area contributed by atoms with E-state index in [2.05, 4.69) is 45.7 Å². The van der Waals surface area contributed by atoms with E-state index in [1.807, 2.05) is 11.1 Å². The highest BCUT2D eigenvalue weighted by atomic mass is 79.9. The number of hydrogen-bond donors (Lipinski definition) is 2. The molecule has 0 aliphatic carbocycles. The highest BCUT2D eigenvalue weighted by Gasteiger charge is 1.90. The van der Waals surface area contributed by atoms with Gasteiger partial charge in [-0.2, -0.15) is 0 Å². The Morgan fingerprint density at radius 3 is 2.32 bits per heavy atom. The van der Waals surface area contributed by atoms with Crippen LogP contribution in [0.5, 0.6) is 0 Å². The summed E-state index contributed by atoms with van der Waals surface area (Å²) in [5, 5.41) is 17.4.